The predicted molar refractivity (Wildman–Crippen MR) is 430 cm³/mol. The average molecular weight is 1570 g/mol. The zero-order valence-corrected chi connectivity index (χ0v) is 69.5. The van der Waals surface area contributed by atoms with E-state index < -0.39 is 45.3 Å². The number of oxime groups is 1. The molecular weight excluding hydrogens is 1450 g/mol. The molecule has 25 nitrogen and oxygen atoms in total. The third-order valence-corrected chi connectivity index (χ3v) is 27.4. The van der Waals surface area contributed by atoms with E-state index in [2.05, 4.69) is 98.1 Å². The summed E-state index contributed by atoms with van der Waals surface area (Å²) in [6.07, 6.45) is 23.6. The molecule has 0 aliphatic heterocycles. The van der Waals surface area contributed by atoms with Crippen LogP contribution in [0.5, 0.6) is 0 Å². The molecule has 2 aromatic heterocycles. The Bertz CT molecular complexity index is 4220. The molecule has 15 saturated carbocycles. The molecule has 9 N–H and O–H groups in total. The second-order valence-electron chi connectivity index (χ2n) is 40.6. The van der Waals surface area contributed by atoms with Crippen LogP contribution in [0, 0.1) is 10.8 Å². The molecule has 2 heterocycles. The summed E-state index contributed by atoms with van der Waals surface area (Å²) in [5.74, 6) is 4.08. The Labute approximate surface area is 672 Å². The Kier molecular flexibility index (Phi) is 22.1. The molecule has 25 heteroatoms. The third-order valence-electron chi connectivity index (χ3n) is 27.4. The highest BCUT2D eigenvalue weighted by Crippen LogP contribution is 2.59. The van der Waals surface area contributed by atoms with Gasteiger partial charge in [0.2, 0.25) is 11.8 Å². The van der Waals surface area contributed by atoms with Gasteiger partial charge in [0, 0.05) is 93.8 Å². The number of carbonyl (C=O) groups is 5. The minimum atomic E-state index is -0.682. The molecule has 0 radical (unpaired) electrons. The Morgan fingerprint density at radius 3 is 1.22 bits per heavy atom. The molecule has 6 atom stereocenters. The highest BCUT2D eigenvalue weighted by molar-refractivity contribution is 5.89. The van der Waals surface area contributed by atoms with Crippen molar-refractivity contribution in [1.82, 2.24) is 46.0 Å². The first-order chi connectivity index (χ1) is 53.7. The van der Waals surface area contributed by atoms with Crippen molar-refractivity contribution in [3.8, 4) is 0 Å². The first kappa shape index (κ1) is 82.2. The number of alkyl carbamates (subject to hydrolysis) is 2. The molecule has 114 heavy (non-hydrogen) atoms. The van der Waals surface area contributed by atoms with Crippen LogP contribution < -0.4 is 27.4 Å². The quantitative estimate of drug-likeness (QED) is 0.0125. The summed E-state index contributed by atoms with van der Waals surface area (Å²) in [5.41, 5.74) is 12.5. The number of amides is 4. The van der Waals surface area contributed by atoms with Crippen LogP contribution in [0.4, 0.5) is 19.2 Å². The fraction of sp³-hybridized carbons (Fsp3) is 0.685. The standard InChI is InChI=1S/C33H46N4O5.C23H30N4O.C19H27N3O3.C14H23NO4/c1-29(2,3)40-27(38)35-33-17-14-31(15-18-33,16-19-33)26-34-25(36-42-26)32(12-13-32)21-37(28(39)41-30(4,5)6)24-20-23(24)22-10-8-7-9-11-22;24-23-11-8-21(9-12-23,10-13-23)20-26-19(27-28-20)22(6-7-22)15-25-18-14-17(18)16-4-2-1-3-5-16;1-18(2,3)25-17(23)22(12-19(9-10-19)16(20)21-24)15-11-14(15)13-7-5-4-6-8-13;1-12(2,3)19-11(18)15-14-7-4-13(5-8-14,6-9-14)10(16)17/h7-11,23-24H,12-21H2,1-6H3,(H,35,38);1-5,17-18,25H,6-15,24H2;4-8,14-15,24H,9-12H2,1-3H3,(H2,20,21);4-9H2,1-3H3,(H,15,18)(H,16,17)/t23-,24+,31?,33?;17-,18+,21?,23?;14-,15+;/m000./s1. The van der Waals surface area contributed by atoms with E-state index in [9.17, 15) is 29.1 Å². The Morgan fingerprint density at radius 1 is 0.482 bits per heavy atom. The second-order valence-corrected chi connectivity index (χ2v) is 40.6. The van der Waals surface area contributed by atoms with Gasteiger partial charge in [0.1, 0.15) is 28.2 Å². The summed E-state index contributed by atoms with van der Waals surface area (Å²) in [7, 11) is 0. The number of nitrogens with zero attached hydrogens (tertiary/aromatic N) is 7. The maximum atomic E-state index is 13.5. The van der Waals surface area contributed by atoms with E-state index in [1.165, 1.54) is 36.0 Å². The number of ether oxygens (including phenoxy) is 4. The Morgan fingerprint density at radius 2 is 0.851 bits per heavy atom. The molecule has 15 fully saturated rings. The number of nitrogens with one attached hydrogen (secondary N) is 3. The van der Waals surface area contributed by atoms with Gasteiger partial charge in [-0.15, -0.1) is 0 Å². The van der Waals surface area contributed by atoms with Crippen molar-refractivity contribution in [2.45, 2.75) is 353 Å². The fourth-order valence-electron chi connectivity index (χ4n) is 19.2. The topological polar surface area (TPSA) is 348 Å². The lowest BCUT2D eigenvalue weighted by Gasteiger charge is -2.51. The van der Waals surface area contributed by atoms with E-state index in [4.69, 9.17) is 54.6 Å². The van der Waals surface area contributed by atoms with Gasteiger partial charge in [-0.2, -0.15) is 9.97 Å². The number of carbonyl (C=O) groups excluding carboxylic acids is 4. The summed E-state index contributed by atoms with van der Waals surface area (Å²) >= 11 is 0. The molecule has 4 amide bonds. The molecule has 5 aromatic rings. The van der Waals surface area contributed by atoms with Crippen molar-refractivity contribution in [3.63, 3.8) is 0 Å². The van der Waals surface area contributed by atoms with Crippen LogP contribution in [0.1, 0.15) is 314 Å². The number of rotatable bonds is 20. The molecule has 0 unspecified atom stereocenters. The summed E-state index contributed by atoms with van der Waals surface area (Å²) < 4.78 is 34.2. The number of hydrogen-bond donors (Lipinski definition) is 7. The van der Waals surface area contributed by atoms with Crippen LogP contribution in [0.25, 0.3) is 0 Å². The van der Waals surface area contributed by atoms with Gasteiger partial charge in [-0.25, -0.2) is 19.2 Å². The minimum Gasteiger partial charge on any atom is -0.481 e. The number of carboxylic acids is 1. The number of aliphatic carboxylic acids is 1. The smallest absolute Gasteiger partial charge is 0.410 e. The molecule has 0 spiro atoms. The Hall–Kier alpha value is -8.32. The van der Waals surface area contributed by atoms with Crippen LogP contribution in [0.3, 0.4) is 0 Å². The van der Waals surface area contributed by atoms with Gasteiger partial charge in [0.25, 0.3) is 0 Å². The number of fused-ring (bicyclic) bond motifs is 9. The van der Waals surface area contributed by atoms with E-state index in [0.29, 0.717) is 67.9 Å². The van der Waals surface area contributed by atoms with Crippen LogP contribution in [0.2, 0.25) is 0 Å². The average Bonchev–Trinajstić information content (AvgIpc) is 1.41. The van der Waals surface area contributed by atoms with Crippen molar-refractivity contribution < 1.29 is 62.3 Å². The lowest BCUT2D eigenvalue weighted by atomic mass is 9.57. The van der Waals surface area contributed by atoms with Gasteiger partial charge in [0.05, 0.1) is 10.8 Å². The van der Waals surface area contributed by atoms with Gasteiger partial charge < -0.3 is 75.5 Å². The molecular formula is C89H126N12O13. The minimum absolute atomic E-state index is 0.0752. The summed E-state index contributed by atoms with van der Waals surface area (Å²) in [4.78, 5) is 75.8. The molecule has 0 saturated heterocycles. The molecule has 3 aromatic carbocycles. The Balaban J connectivity index is 0.000000131. The van der Waals surface area contributed by atoms with E-state index in [1.807, 2.05) is 112 Å². The number of nitrogens with two attached hydrogens (primary N) is 2. The molecule has 15 aliphatic carbocycles. The molecule has 20 rings (SSSR count). The van der Waals surface area contributed by atoms with Crippen molar-refractivity contribution in [1.29, 1.82) is 0 Å². The van der Waals surface area contributed by atoms with Gasteiger partial charge in [-0.1, -0.05) is 106 Å². The number of amidine groups is 1. The first-order valence-corrected chi connectivity index (χ1v) is 42.3. The number of carboxylic acid groups (broad SMARTS) is 1. The van der Waals surface area contributed by atoms with Crippen molar-refractivity contribution in [2.75, 3.05) is 19.6 Å². The number of benzene rings is 3. The van der Waals surface area contributed by atoms with E-state index >= 15 is 0 Å². The zero-order valence-electron chi connectivity index (χ0n) is 69.5. The van der Waals surface area contributed by atoms with Crippen LogP contribution >= 0.6 is 0 Å². The van der Waals surface area contributed by atoms with Gasteiger partial charge in [0.15, 0.2) is 11.6 Å². The maximum Gasteiger partial charge on any atom is 0.410 e. The van der Waals surface area contributed by atoms with Crippen molar-refractivity contribution >= 4 is 36.2 Å². The third kappa shape index (κ3) is 18.7. The summed E-state index contributed by atoms with van der Waals surface area (Å²) in [6.45, 7) is 24.4. The van der Waals surface area contributed by atoms with E-state index in [0.717, 1.165) is 153 Å². The van der Waals surface area contributed by atoms with E-state index in [1.54, 1.807) is 4.90 Å². The summed E-state index contributed by atoms with van der Waals surface area (Å²) in [6, 6.07) is 32.3. The molecule has 6 bridgehead atoms. The number of hydrogen-bond acceptors (Lipinski definition) is 19. The first-order valence-electron chi connectivity index (χ1n) is 42.3. The van der Waals surface area contributed by atoms with Gasteiger partial charge >= 0.3 is 30.3 Å². The largest absolute Gasteiger partial charge is 0.481 e. The molecule has 620 valence electrons. The molecule has 15 aliphatic rings. The van der Waals surface area contributed by atoms with E-state index in [-0.39, 0.29) is 74.5 Å². The summed E-state index contributed by atoms with van der Waals surface area (Å²) in [5, 5.41) is 40.5. The van der Waals surface area contributed by atoms with Crippen molar-refractivity contribution in [2.24, 2.45) is 27.5 Å². The van der Waals surface area contributed by atoms with Gasteiger partial charge in [-0.05, 0) is 273 Å². The SMILES string of the molecule is CC(C)(C)OC(=O)N(CC1(C(N)=NO)CC1)[C@@H]1C[C@H]1c1ccccc1.CC(C)(C)OC(=O)NC12CCC(C(=O)O)(CC1)CC2.CC(C)(C)OC(=O)NC12CCC(c3nc(C4(CN(C(=O)OC(C)(C)C)[C@@H]5C[C@H]5c5ccccc5)CC4)no3)(CC1)CC2.NC12CCC(c3nc(C4(CN[C@@H]5C[C@H]5c5ccccc5)CC4)no3)(CC1)CC2. The zero-order chi connectivity index (χ0) is 81.3. The fourth-order valence-corrected chi connectivity index (χ4v) is 19.2. The van der Waals surface area contributed by atoms with Crippen LogP contribution in [-0.2, 0) is 45.4 Å². The lowest BCUT2D eigenvalue weighted by Crippen LogP contribution is -2.58. The highest BCUT2D eigenvalue weighted by Gasteiger charge is 2.61. The van der Waals surface area contributed by atoms with Gasteiger partial charge in [-0.3, -0.25) is 4.79 Å². The predicted octanol–water partition coefficient (Wildman–Crippen LogP) is 16.3. The van der Waals surface area contributed by atoms with Crippen molar-refractivity contribution in [3.05, 3.63) is 131 Å². The van der Waals surface area contributed by atoms with Crippen LogP contribution in [0.15, 0.2) is 105 Å². The highest BCUT2D eigenvalue weighted by atomic mass is 16.6. The van der Waals surface area contributed by atoms with Crippen LogP contribution in [-0.4, -0.2) is 153 Å². The second kappa shape index (κ2) is 30.6. The monoisotopic (exact) mass is 1570 g/mol. The number of aromatic nitrogens is 4. The maximum absolute atomic E-state index is 13.5. The lowest BCUT2D eigenvalue weighted by molar-refractivity contribution is -0.156. The normalized spacial score (nSPS) is 31.1.